The van der Waals surface area contributed by atoms with Gasteiger partial charge >= 0.3 is 0 Å². The van der Waals surface area contributed by atoms with E-state index in [0.29, 0.717) is 24.3 Å². The van der Waals surface area contributed by atoms with Gasteiger partial charge in [-0.15, -0.1) is 0 Å². The predicted octanol–water partition coefficient (Wildman–Crippen LogP) is 0.968. The molecular formula is C13H29N3O. The number of amides is 1. The van der Waals surface area contributed by atoms with Crippen LogP contribution >= 0.6 is 0 Å². The van der Waals surface area contributed by atoms with Gasteiger partial charge < -0.3 is 16.4 Å². The van der Waals surface area contributed by atoms with E-state index in [1.165, 1.54) is 0 Å². The molecule has 0 aromatic heterocycles. The first kappa shape index (κ1) is 16.4. The van der Waals surface area contributed by atoms with E-state index in [2.05, 4.69) is 38.3 Å². The van der Waals surface area contributed by atoms with Crippen molar-refractivity contribution < 1.29 is 4.79 Å². The van der Waals surface area contributed by atoms with Crippen molar-refractivity contribution >= 4 is 5.91 Å². The SMILES string of the molecule is CNC(=O)C(CC(C)C)NCC(CN)C(C)C. The third kappa shape index (κ3) is 6.64. The summed E-state index contributed by atoms with van der Waals surface area (Å²) < 4.78 is 0. The monoisotopic (exact) mass is 243 g/mol. The van der Waals surface area contributed by atoms with E-state index < -0.39 is 0 Å². The summed E-state index contributed by atoms with van der Waals surface area (Å²) in [7, 11) is 1.68. The lowest BCUT2D eigenvalue weighted by atomic mass is 9.95. The van der Waals surface area contributed by atoms with Crippen LogP contribution in [-0.2, 0) is 4.79 Å². The lowest BCUT2D eigenvalue weighted by Gasteiger charge is -2.24. The van der Waals surface area contributed by atoms with Crippen LogP contribution < -0.4 is 16.4 Å². The molecule has 0 radical (unpaired) electrons. The molecule has 0 saturated heterocycles. The molecule has 2 unspecified atom stereocenters. The van der Waals surface area contributed by atoms with Crippen LogP contribution in [0, 0.1) is 17.8 Å². The molecule has 2 atom stereocenters. The zero-order valence-electron chi connectivity index (χ0n) is 11.9. The van der Waals surface area contributed by atoms with Crippen molar-refractivity contribution in [3.8, 4) is 0 Å². The summed E-state index contributed by atoms with van der Waals surface area (Å²) in [6.07, 6.45) is 0.856. The predicted molar refractivity (Wildman–Crippen MR) is 72.7 cm³/mol. The zero-order valence-corrected chi connectivity index (χ0v) is 11.9. The van der Waals surface area contributed by atoms with Crippen LogP contribution in [0.3, 0.4) is 0 Å². The van der Waals surface area contributed by atoms with Crippen LogP contribution in [0.25, 0.3) is 0 Å². The standard InChI is InChI=1S/C13H29N3O/c1-9(2)6-12(13(17)15-5)16-8-11(7-14)10(3)4/h9-12,16H,6-8,14H2,1-5H3,(H,15,17). The fourth-order valence-electron chi connectivity index (χ4n) is 1.81. The van der Waals surface area contributed by atoms with Gasteiger partial charge in [-0.25, -0.2) is 0 Å². The van der Waals surface area contributed by atoms with Crippen LogP contribution in [0.5, 0.6) is 0 Å². The zero-order chi connectivity index (χ0) is 13.4. The van der Waals surface area contributed by atoms with Gasteiger partial charge in [0, 0.05) is 13.6 Å². The van der Waals surface area contributed by atoms with Crippen molar-refractivity contribution in [2.45, 2.75) is 40.2 Å². The molecular weight excluding hydrogens is 214 g/mol. The molecule has 0 aliphatic heterocycles. The second-order valence-corrected chi connectivity index (χ2v) is 5.44. The number of carbonyl (C=O) groups excluding carboxylic acids is 1. The Morgan fingerprint density at radius 1 is 1.24 bits per heavy atom. The van der Waals surface area contributed by atoms with E-state index in [9.17, 15) is 4.79 Å². The van der Waals surface area contributed by atoms with E-state index in [0.717, 1.165) is 13.0 Å². The normalized spacial score (nSPS) is 15.1. The smallest absolute Gasteiger partial charge is 0.236 e. The first-order chi connectivity index (χ1) is 7.92. The highest BCUT2D eigenvalue weighted by atomic mass is 16.2. The first-order valence-corrected chi connectivity index (χ1v) is 6.57. The summed E-state index contributed by atoms with van der Waals surface area (Å²) in [5, 5.41) is 6.05. The highest BCUT2D eigenvalue weighted by Gasteiger charge is 2.20. The minimum Gasteiger partial charge on any atom is -0.358 e. The van der Waals surface area contributed by atoms with Crippen molar-refractivity contribution in [2.24, 2.45) is 23.5 Å². The quantitative estimate of drug-likeness (QED) is 0.595. The van der Waals surface area contributed by atoms with Gasteiger partial charge in [0.2, 0.25) is 5.91 Å². The number of carbonyl (C=O) groups is 1. The van der Waals surface area contributed by atoms with E-state index in [1.54, 1.807) is 7.05 Å². The van der Waals surface area contributed by atoms with Crippen molar-refractivity contribution in [1.29, 1.82) is 0 Å². The third-order valence-electron chi connectivity index (χ3n) is 3.14. The summed E-state index contributed by atoms with van der Waals surface area (Å²) in [4.78, 5) is 11.7. The maximum atomic E-state index is 11.7. The molecule has 0 rings (SSSR count). The van der Waals surface area contributed by atoms with Crippen LogP contribution in [0.2, 0.25) is 0 Å². The van der Waals surface area contributed by atoms with Crippen molar-refractivity contribution in [2.75, 3.05) is 20.1 Å². The largest absolute Gasteiger partial charge is 0.358 e. The van der Waals surface area contributed by atoms with Gasteiger partial charge in [0.05, 0.1) is 6.04 Å². The average Bonchev–Trinajstić information content (AvgIpc) is 2.26. The second kappa shape index (κ2) is 8.48. The molecule has 0 aliphatic carbocycles. The molecule has 0 spiro atoms. The van der Waals surface area contributed by atoms with Crippen LogP contribution in [0.1, 0.15) is 34.1 Å². The molecule has 0 aromatic rings. The lowest BCUT2D eigenvalue weighted by molar-refractivity contribution is -0.123. The van der Waals surface area contributed by atoms with Gasteiger partial charge in [0.25, 0.3) is 0 Å². The first-order valence-electron chi connectivity index (χ1n) is 6.57. The lowest BCUT2D eigenvalue weighted by Crippen LogP contribution is -2.46. The number of likely N-dealkylation sites (N-methyl/N-ethyl adjacent to an activating group) is 1. The fourth-order valence-corrected chi connectivity index (χ4v) is 1.81. The summed E-state index contributed by atoms with van der Waals surface area (Å²) in [5.41, 5.74) is 5.73. The third-order valence-corrected chi connectivity index (χ3v) is 3.14. The average molecular weight is 243 g/mol. The molecule has 4 heteroatoms. The Kier molecular flexibility index (Phi) is 8.17. The van der Waals surface area contributed by atoms with E-state index in [4.69, 9.17) is 5.73 Å². The number of nitrogens with two attached hydrogens (primary N) is 1. The molecule has 1 amide bonds. The summed E-state index contributed by atoms with van der Waals surface area (Å²) in [5.74, 6) is 1.53. The van der Waals surface area contributed by atoms with E-state index in [1.807, 2.05) is 0 Å². The van der Waals surface area contributed by atoms with Crippen molar-refractivity contribution in [3.05, 3.63) is 0 Å². The fraction of sp³-hybridized carbons (Fsp3) is 0.923. The minimum atomic E-state index is -0.104. The van der Waals surface area contributed by atoms with Gasteiger partial charge in [-0.3, -0.25) is 4.79 Å². The Morgan fingerprint density at radius 2 is 1.82 bits per heavy atom. The molecule has 0 heterocycles. The Labute approximate surface area is 106 Å². The maximum Gasteiger partial charge on any atom is 0.236 e. The second-order valence-electron chi connectivity index (χ2n) is 5.44. The molecule has 4 N–H and O–H groups in total. The molecule has 0 aliphatic rings. The Balaban J connectivity index is 4.28. The number of hydrogen-bond donors (Lipinski definition) is 3. The number of hydrogen-bond acceptors (Lipinski definition) is 3. The van der Waals surface area contributed by atoms with E-state index >= 15 is 0 Å². The molecule has 0 aromatic carbocycles. The number of rotatable bonds is 8. The van der Waals surface area contributed by atoms with Crippen molar-refractivity contribution in [3.63, 3.8) is 0 Å². The highest BCUT2D eigenvalue weighted by Crippen LogP contribution is 2.10. The van der Waals surface area contributed by atoms with E-state index in [-0.39, 0.29) is 11.9 Å². The van der Waals surface area contributed by atoms with Crippen LogP contribution in [0.4, 0.5) is 0 Å². The highest BCUT2D eigenvalue weighted by molar-refractivity contribution is 5.81. The molecule has 0 saturated carbocycles. The minimum absolute atomic E-state index is 0.0678. The number of nitrogens with one attached hydrogen (secondary N) is 2. The molecule has 17 heavy (non-hydrogen) atoms. The van der Waals surface area contributed by atoms with Gasteiger partial charge in [0.15, 0.2) is 0 Å². The summed E-state index contributed by atoms with van der Waals surface area (Å²) in [6, 6.07) is -0.104. The Hall–Kier alpha value is -0.610. The topological polar surface area (TPSA) is 67.2 Å². The van der Waals surface area contributed by atoms with Gasteiger partial charge in [-0.05, 0) is 30.7 Å². The molecule has 4 nitrogen and oxygen atoms in total. The molecule has 0 fully saturated rings. The Morgan fingerprint density at radius 3 is 2.18 bits per heavy atom. The molecule has 102 valence electrons. The van der Waals surface area contributed by atoms with Gasteiger partial charge in [0.1, 0.15) is 0 Å². The van der Waals surface area contributed by atoms with Gasteiger partial charge in [-0.1, -0.05) is 27.7 Å². The van der Waals surface area contributed by atoms with Crippen LogP contribution in [0.15, 0.2) is 0 Å². The van der Waals surface area contributed by atoms with Crippen LogP contribution in [-0.4, -0.2) is 32.1 Å². The Bertz CT molecular complexity index is 217. The molecule has 0 bridgehead atoms. The van der Waals surface area contributed by atoms with Crippen molar-refractivity contribution in [1.82, 2.24) is 10.6 Å². The summed E-state index contributed by atoms with van der Waals surface area (Å²) in [6.45, 7) is 10.0. The summed E-state index contributed by atoms with van der Waals surface area (Å²) >= 11 is 0. The van der Waals surface area contributed by atoms with Gasteiger partial charge in [-0.2, -0.15) is 0 Å². The maximum absolute atomic E-state index is 11.7.